The predicted molar refractivity (Wildman–Crippen MR) is 496 cm³/mol. The van der Waals surface area contributed by atoms with Crippen molar-refractivity contribution in [2.45, 2.75) is 77.0 Å². The second-order valence-corrected chi connectivity index (χ2v) is 35.3. The maximum absolute atomic E-state index is 3.81. The molecule has 550 valence electrons. The molecule has 4 aliphatic rings. The summed E-state index contributed by atoms with van der Waals surface area (Å²) in [6, 6.07) is 121. The minimum absolute atomic E-state index is 0.00296. The van der Waals surface area contributed by atoms with Crippen LogP contribution in [0.2, 0.25) is 0 Å². The number of benzene rings is 19. The molecule has 4 aromatic heterocycles. The quantitative estimate of drug-likeness (QED) is 0.109. The minimum Gasteiger partial charge on any atom is -0.355 e. The summed E-state index contributed by atoms with van der Waals surface area (Å²) in [5, 5.41) is 29.1. The van der Waals surface area contributed by atoms with Gasteiger partial charge in [0.15, 0.2) is 0 Å². The van der Waals surface area contributed by atoms with Crippen LogP contribution in [0, 0.1) is 0 Å². The third kappa shape index (κ3) is 9.27. The molecule has 4 heteroatoms. The summed E-state index contributed by atoms with van der Waals surface area (Å²) in [5.41, 5.74) is 32.3. The van der Waals surface area contributed by atoms with Gasteiger partial charge in [-0.15, -0.1) is 0 Å². The van der Waals surface area contributed by atoms with E-state index in [1.807, 2.05) is 0 Å². The maximum atomic E-state index is 3.81. The normalized spacial score (nSPS) is 14.7. The van der Waals surface area contributed by atoms with Crippen LogP contribution >= 0.6 is 0 Å². The smallest absolute Gasteiger partial charge is 0.0551 e. The molecule has 0 radical (unpaired) electrons. The van der Waals surface area contributed by atoms with E-state index in [1.165, 1.54) is 252 Å². The van der Waals surface area contributed by atoms with Gasteiger partial charge in [0.1, 0.15) is 0 Å². The highest BCUT2D eigenvalue weighted by Gasteiger charge is 2.42. The Labute approximate surface area is 671 Å². The first-order valence-electron chi connectivity index (χ1n) is 41.1. The van der Waals surface area contributed by atoms with Crippen LogP contribution in [-0.2, 0) is 21.7 Å². The Bertz CT molecular complexity index is 8280. The Hall–Kier alpha value is -13.8. The molecule has 4 nitrogen and oxygen atoms in total. The van der Waals surface area contributed by atoms with Gasteiger partial charge >= 0.3 is 0 Å². The van der Waals surface area contributed by atoms with E-state index in [2.05, 4.69) is 403 Å². The molecule has 19 aromatic carbocycles. The zero-order valence-corrected chi connectivity index (χ0v) is 66.2. The Morgan fingerprint density at radius 1 is 0.172 bits per heavy atom. The molecular formula is C112H82N4. The molecule has 0 atom stereocenters. The van der Waals surface area contributed by atoms with E-state index in [0.29, 0.717) is 0 Å². The highest BCUT2D eigenvalue weighted by atomic mass is 14.7. The van der Waals surface area contributed by atoms with Crippen LogP contribution in [0.4, 0.5) is 0 Å². The molecule has 0 saturated heterocycles. The second kappa shape index (κ2) is 23.9. The molecule has 4 heterocycles. The first-order valence-corrected chi connectivity index (χ1v) is 41.1. The van der Waals surface area contributed by atoms with Crippen LogP contribution in [-0.4, -0.2) is 19.9 Å². The first kappa shape index (κ1) is 66.8. The number of aromatic nitrogens is 4. The van der Waals surface area contributed by atoms with Gasteiger partial charge < -0.3 is 19.9 Å². The highest BCUT2D eigenvalue weighted by molar-refractivity contribution is 6.32. The molecule has 0 amide bonds. The van der Waals surface area contributed by atoms with Gasteiger partial charge in [0, 0.05) is 109 Å². The van der Waals surface area contributed by atoms with Crippen LogP contribution in [0.5, 0.6) is 0 Å². The number of nitrogens with one attached hydrogen (secondary N) is 4. The number of rotatable bonds is 0. The number of fused-ring (bicyclic) bond motifs is 39. The van der Waals surface area contributed by atoms with Crippen molar-refractivity contribution >= 4 is 163 Å². The maximum Gasteiger partial charge on any atom is 0.0551 e. The second-order valence-electron chi connectivity index (χ2n) is 35.3. The summed E-state index contributed by atoms with van der Waals surface area (Å²) in [6.45, 7) is 18.9. The van der Waals surface area contributed by atoms with Gasteiger partial charge in [-0.2, -0.15) is 0 Å². The lowest BCUT2D eigenvalue weighted by atomic mass is 9.79. The van der Waals surface area contributed by atoms with Gasteiger partial charge in [-0.05, 0) is 226 Å². The number of para-hydroxylation sites is 2. The van der Waals surface area contributed by atoms with E-state index in [1.54, 1.807) is 0 Å². The lowest BCUT2D eigenvalue weighted by molar-refractivity contribution is 0.661. The van der Waals surface area contributed by atoms with Gasteiger partial charge in [0.2, 0.25) is 0 Å². The molecule has 0 aliphatic heterocycles. The minimum atomic E-state index is -0.0558. The van der Waals surface area contributed by atoms with Crippen LogP contribution in [0.15, 0.2) is 328 Å². The largest absolute Gasteiger partial charge is 0.355 e. The van der Waals surface area contributed by atoms with E-state index in [9.17, 15) is 0 Å². The number of hydrogen-bond donors (Lipinski definition) is 4. The summed E-state index contributed by atoms with van der Waals surface area (Å²) in [6.07, 6.45) is 0. The third-order valence-corrected chi connectivity index (χ3v) is 27.6. The standard InChI is InChI=1S/3C29H21N.C25H19N/c1-29(2)24-16-26-22(19-11-7-8-14-25(19)30-26)15-23(24)27-20-12-5-3-9-17(20)18-10-4-6-13-21(18)28(27)29;1-29(2)24-14-8-7-11-19(24)22-15-23-26(16-25(22)29)30-28-21-13-6-4-10-18(21)17-9-3-5-12-20(17)27(23)28;1-29(2)25-14-19-9-4-3-8-18(19)13-22(25)23-15-24-21-12-11-17-7-5-6-10-20(17)28(21)30-27(24)16-26(23)29;1-25(2)21-14-23-20(17-9-5-6-10-22(17)26-23)13-19(21)18-12-11-15-7-3-4-8-16(15)24(18)25/h3*3-16,30H,1-2H3;3-14,26H,1-2H3. The van der Waals surface area contributed by atoms with Crippen LogP contribution in [0.1, 0.15) is 99.9 Å². The highest BCUT2D eigenvalue weighted by Crippen LogP contribution is 2.59. The van der Waals surface area contributed by atoms with Gasteiger partial charge in [-0.1, -0.05) is 310 Å². The third-order valence-electron chi connectivity index (χ3n) is 27.6. The molecule has 23 aromatic rings. The summed E-state index contributed by atoms with van der Waals surface area (Å²) < 4.78 is 0. The molecular weight excluding hydrogens is 1400 g/mol. The van der Waals surface area contributed by atoms with Crippen molar-refractivity contribution < 1.29 is 0 Å². The summed E-state index contributed by atoms with van der Waals surface area (Å²) in [5.74, 6) is 0. The van der Waals surface area contributed by atoms with E-state index in [0.717, 1.165) is 0 Å². The monoisotopic (exact) mass is 1480 g/mol. The fourth-order valence-electron chi connectivity index (χ4n) is 22.1. The van der Waals surface area contributed by atoms with Crippen molar-refractivity contribution in [3.05, 3.63) is 372 Å². The Morgan fingerprint density at radius 2 is 0.543 bits per heavy atom. The van der Waals surface area contributed by atoms with Crippen molar-refractivity contribution in [2.24, 2.45) is 0 Å². The molecule has 0 fully saturated rings. The van der Waals surface area contributed by atoms with Crippen LogP contribution in [0.25, 0.3) is 207 Å². The average molecular weight is 1480 g/mol. The van der Waals surface area contributed by atoms with E-state index in [4.69, 9.17) is 0 Å². The summed E-state index contributed by atoms with van der Waals surface area (Å²) in [7, 11) is 0. The van der Waals surface area contributed by atoms with Gasteiger partial charge in [-0.25, -0.2) is 0 Å². The lowest BCUT2D eigenvalue weighted by Crippen LogP contribution is -2.15. The van der Waals surface area contributed by atoms with E-state index < -0.39 is 0 Å². The van der Waals surface area contributed by atoms with Gasteiger partial charge in [0.05, 0.1) is 11.0 Å². The fraction of sp³-hybridized carbons (Fsp3) is 0.107. The predicted octanol–water partition coefficient (Wildman–Crippen LogP) is 30.6. The summed E-state index contributed by atoms with van der Waals surface area (Å²) >= 11 is 0. The number of H-pyrrole nitrogens is 4. The molecule has 0 saturated carbocycles. The molecule has 4 aliphatic carbocycles. The Kier molecular flexibility index (Phi) is 13.8. The van der Waals surface area contributed by atoms with Crippen LogP contribution in [0.3, 0.4) is 0 Å². The van der Waals surface area contributed by atoms with E-state index in [-0.39, 0.29) is 21.7 Å². The topological polar surface area (TPSA) is 63.2 Å². The Morgan fingerprint density at radius 3 is 1.20 bits per heavy atom. The van der Waals surface area contributed by atoms with Gasteiger partial charge in [-0.3, -0.25) is 0 Å². The molecule has 116 heavy (non-hydrogen) atoms. The number of aromatic amines is 4. The lowest BCUT2D eigenvalue weighted by Gasteiger charge is -2.24. The van der Waals surface area contributed by atoms with Crippen molar-refractivity contribution in [3.8, 4) is 44.5 Å². The zero-order valence-electron chi connectivity index (χ0n) is 66.2. The van der Waals surface area contributed by atoms with Crippen molar-refractivity contribution in [1.82, 2.24) is 19.9 Å². The van der Waals surface area contributed by atoms with Crippen molar-refractivity contribution in [2.75, 3.05) is 0 Å². The van der Waals surface area contributed by atoms with Crippen LogP contribution < -0.4 is 0 Å². The van der Waals surface area contributed by atoms with Crippen molar-refractivity contribution in [3.63, 3.8) is 0 Å². The van der Waals surface area contributed by atoms with Crippen molar-refractivity contribution in [1.29, 1.82) is 0 Å². The average Bonchev–Trinajstić information content (AvgIpc) is 1.55. The fourth-order valence-corrected chi connectivity index (χ4v) is 22.1. The summed E-state index contributed by atoms with van der Waals surface area (Å²) in [4.78, 5) is 14.8. The zero-order chi connectivity index (χ0) is 77.6. The molecule has 0 spiro atoms. The molecule has 4 N–H and O–H groups in total. The first-order chi connectivity index (χ1) is 56.5. The molecule has 0 bridgehead atoms. The van der Waals surface area contributed by atoms with E-state index >= 15 is 0 Å². The SMILES string of the molecule is CC1(C)c2cc3[nH]c4ccccc4c3cc2-c2c1c1ccccc1c1ccccc21.CC1(C)c2cc3[nH]c4ccccc4c3cc2-c2ccc3ccccc3c21.CC1(C)c2cc3ccccc3cc2-c2cc3c(cc21)[nH]c1c2ccccc2ccc31.CC1(C)c2ccccc2-c2cc3c(cc21)[nH]c1c2ccccc2c2ccccc2c31. The number of hydrogen-bond acceptors (Lipinski definition) is 0. The Balaban J connectivity index is 0.0000000890. The molecule has 0 unspecified atom stereocenters. The molecule has 27 rings (SSSR count). The van der Waals surface area contributed by atoms with Gasteiger partial charge in [0.25, 0.3) is 0 Å².